The molecule has 0 aromatic rings. The van der Waals surface area contributed by atoms with E-state index in [0.29, 0.717) is 0 Å². The molecule has 0 saturated carbocycles. The number of allylic oxidation sites excluding steroid dienone is 8. The average Bonchev–Trinajstić information content (AvgIpc) is 2.80. The molecule has 0 saturated heterocycles. The molecule has 0 radical (unpaired) electrons. The quantitative estimate of drug-likeness (QED) is 0.498. The summed E-state index contributed by atoms with van der Waals surface area (Å²) in [6, 6.07) is 0. The van der Waals surface area contributed by atoms with Gasteiger partial charge in [-0.25, -0.2) is 12.2 Å². The van der Waals surface area contributed by atoms with Crippen LogP contribution in [-0.2, 0) is 26.2 Å². The minimum Gasteiger partial charge on any atom is -1.00 e. The van der Waals surface area contributed by atoms with Gasteiger partial charge in [0, 0.05) is 0 Å². The summed E-state index contributed by atoms with van der Waals surface area (Å²) in [7, 11) is 0. The first-order chi connectivity index (χ1) is 6.61. The molecular weight excluding hydrogens is 320 g/mol. The molecule has 0 heterocycles. The molecule has 0 aromatic carbocycles. The standard InChI is InChI=1S/C8H13Ge.C5H5.Zr.2H/c1-9(2,3)8-6-4-5-7-8;1-2-4-5-3-1;;;/h4,6H,5H2,1-3H3;1-3H,4H2;;;/q2*-1;+2;2*-1. The van der Waals surface area contributed by atoms with Crippen LogP contribution < -0.4 is 0 Å². The molecule has 0 amide bonds. The zero-order chi connectivity index (χ0) is 10.4. The zero-order valence-corrected chi connectivity index (χ0v) is 14.4. The molecule has 15 heavy (non-hydrogen) atoms. The minimum absolute atomic E-state index is 0. The first-order valence-corrected chi connectivity index (χ1v) is 12.4. The van der Waals surface area contributed by atoms with Crippen molar-refractivity contribution in [3.63, 3.8) is 0 Å². The third kappa shape index (κ3) is 6.53. The molecule has 0 unspecified atom stereocenters. The second kappa shape index (κ2) is 7.63. The largest absolute Gasteiger partial charge is 2.00 e. The van der Waals surface area contributed by atoms with Crippen LogP contribution in [0.4, 0.5) is 0 Å². The average molecular weight is 340 g/mol. The van der Waals surface area contributed by atoms with Gasteiger partial charge in [0.1, 0.15) is 0 Å². The first-order valence-electron chi connectivity index (χ1n) is 5.10. The summed E-state index contributed by atoms with van der Waals surface area (Å²) in [6.07, 6.45) is 18.9. The van der Waals surface area contributed by atoms with Gasteiger partial charge in [0.25, 0.3) is 0 Å². The maximum atomic E-state index is 3.39. The number of rotatable bonds is 1. The van der Waals surface area contributed by atoms with E-state index in [0.717, 1.165) is 12.8 Å². The van der Waals surface area contributed by atoms with Crippen molar-refractivity contribution in [1.29, 1.82) is 0 Å². The first kappa shape index (κ1) is 15.4. The molecular formula is C13H20GeZr-2. The smallest absolute Gasteiger partial charge is 1.00 e. The molecule has 0 atom stereocenters. The molecule has 0 aromatic heterocycles. The molecule has 0 bridgehead atoms. The third-order valence-electron chi connectivity index (χ3n) is 2.09. The van der Waals surface area contributed by atoms with E-state index in [1.165, 1.54) is 4.41 Å². The fourth-order valence-electron chi connectivity index (χ4n) is 1.26. The van der Waals surface area contributed by atoms with Gasteiger partial charge >= 0.3 is 85.8 Å². The van der Waals surface area contributed by atoms with Crippen molar-refractivity contribution in [3.8, 4) is 0 Å². The Balaban J connectivity index is -0.000000216. The molecule has 2 aliphatic carbocycles. The van der Waals surface area contributed by atoms with E-state index in [4.69, 9.17) is 0 Å². The van der Waals surface area contributed by atoms with E-state index in [-0.39, 0.29) is 29.1 Å². The molecule has 2 aliphatic rings. The fourth-order valence-corrected chi connectivity index (χ4v) is 3.88. The molecule has 0 N–H and O–H groups in total. The summed E-state index contributed by atoms with van der Waals surface area (Å²) in [5.74, 6) is 7.20. The second-order valence-corrected chi connectivity index (χ2v) is 15.0. The van der Waals surface area contributed by atoms with Gasteiger partial charge in [-0.05, 0) is 0 Å². The van der Waals surface area contributed by atoms with Crippen molar-refractivity contribution in [2.45, 2.75) is 30.1 Å². The zero-order valence-electron chi connectivity index (χ0n) is 11.8. The van der Waals surface area contributed by atoms with Crippen LogP contribution in [0.3, 0.4) is 0 Å². The van der Waals surface area contributed by atoms with Crippen molar-refractivity contribution in [1.82, 2.24) is 0 Å². The van der Waals surface area contributed by atoms with Gasteiger partial charge in [0.2, 0.25) is 0 Å². The predicted octanol–water partition coefficient (Wildman–Crippen LogP) is 4.08. The van der Waals surface area contributed by atoms with Crippen LogP contribution in [0.2, 0.25) is 17.3 Å². The maximum absolute atomic E-state index is 3.39. The summed E-state index contributed by atoms with van der Waals surface area (Å²) >= 11 is -1.46. The summed E-state index contributed by atoms with van der Waals surface area (Å²) in [5.41, 5.74) is 0. The number of hydrogen-bond donors (Lipinski definition) is 0. The van der Waals surface area contributed by atoms with E-state index in [1.807, 2.05) is 12.2 Å². The van der Waals surface area contributed by atoms with E-state index in [1.54, 1.807) is 0 Å². The van der Waals surface area contributed by atoms with Crippen LogP contribution in [0, 0.1) is 12.2 Å². The maximum Gasteiger partial charge on any atom is 2.00 e. The van der Waals surface area contributed by atoms with Crippen LogP contribution in [0.25, 0.3) is 0 Å². The van der Waals surface area contributed by atoms with Crippen LogP contribution in [0.1, 0.15) is 15.7 Å². The van der Waals surface area contributed by atoms with Gasteiger partial charge in [-0.15, -0.1) is 6.42 Å². The molecule has 0 spiro atoms. The van der Waals surface area contributed by atoms with Gasteiger partial charge < -0.3 is 2.85 Å². The van der Waals surface area contributed by atoms with Crippen molar-refractivity contribution in [2.24, 2.45) is 0 Å². The predicted molar refractivity (Wildman–Crippen MR) is 67.7 cm³/mol. The Morgan fingerprint density at radius 2 is 1.93 bits per heavy atom. The topological polar surface area (TPSA) is 0 Å². The van der Waals surface area contributed by atoms with E-state index < -0.39 is 13.3 Å². The second-order valence-electron chi connectivity index (χ2n) is 4.45. The van der Waals surface area contributed by atoms with E-state index in [2.05, 4.69) is 47.6 Å². The van der Waals surface area contributed by atoms with Gasteiger partial charge in [0.05, 0.1) is 0 Å². The molecule has 0 aliphatic heterocycles. The Kier molecular flexibility index (Phi) is 7.82. The Hall–Kier alpha value is 0.386. The summed E-state index contributed by atoms with van der Waals surface area (Å²) < 4.78 is 1.54. The summed E-state index contributed by atoms with van der Waals surface area (Å²) in [4.78, 5) is 0. The SMILES string of the molecule is [C-]1=CC=CC1.[CH3][Ge]([CH3])([CH3])[C]1=[C-]CC=C1.[H-].[H-].[Zr+2]. The Labute approximate surface area is 119 Å². The molecule has 2 rings (SSSR count). The van der Waals surface area contributed by atoms with Crippen LogP contribution >= 0.6 is 0 Å². The van der Waals surface area contributed by atoms with Gasteiger partial charge in [0.15, 0.2) is 0 Å². The van der Waals surface area contributed by atoms with Crippen molar-refractivity contribution >= 4 is 13.3 Å². The Morgan fingerprint density at radius 1 is 1.20 bits per heavy atom. The van der Waals surface area contributed by atoms with E-state index in [9.17, 15) is 0 Å². The van der Waals surface area contributed by atoms with Gasteiger partial charge in [-0.1, -0.05) is 0 Å². The molecule has 82 valence electrons. The molecule has 2 heteroatoms. The number of hydrogen-bond acceptors (Lipinski definition) is 0. The molecule has 0 nitrogen and oxygen atoms in total. The Morgan fingerprint density at radius 3 is 2.13 bits per heavy atom. The monoisotopic (exact) mass is 340 g/mol. The molecule has 0 fully saturated rings. The minimum atomic E-state index is -1.46. The normalized spacial score (nSPS) is 16.9. The van der Waals surface area contributed by atoms with Crippen molar-refractivity contribution < 1.29 is 29.1 Å². The third-order valence-corrected chi connectivity index (χ3v) is 6.20. The summed E-state index contributed by atoms with van der Waals surface area (Å²) in [5, 5.41) is 0. The van der Waals surface area contributed by atoms with Gasteiger partial charge in [-0.2, -0.15) is 6.08 Å². The van der Waals surface area contributed by atoms with Crippen molar-refractivity contribution in [3.05, 3.63) is 46.9 Å². The van der Waals surface area contributed by atoms with Gasteiger partial charge in [-0.3, -0.25) is 6.08 Å². The Bertz CT molecular complexity index is 289. The van der Waals surface area contributed by atoms with Crippen LogP contribution in [0.15, 0.2) is 34.8 Å². The van der Waals surface area contributed by atoms with Crippen LogP contribution in [0.5, 0.6) is 0 Å². The van der Waals surface area contributed by atoms with Crippen LogP contribution in [-0.4, -0.2) is 13.3 Å². The van der Waals surface area contributed by atoms with E-state index >= 15 is 0 Å². The fraction of sp³-hybridized carbons (Fsp3) is 0.385. The van der Waals surface area contributed by atoms with Crippen molar-refractivity contribution in [2.75, 3.05) is 0 Å². The summed E-state index contributed by atoms with van der Waals surface area (Å²) in [6.45, 7) is 0.